The van der Waals surface area contributed by atoms with E-state index in [4.69, 9.17) is 69.6 Å². The highest BCUT2D eigenvalue weighted by atomic mass is 35.6. The summed E-state index contributed by atoms with van der Waals surface area (Å²) in [5.41, 5.74) is 0.653. The first-order chi connectivity index (χ1) is 16.2. The molecule has 1 atom stereocenters. The molecule has 1 aromatic rings. The summed E-state index contributed by atoms with van der Waals surface area (Å²) in [5, 5.41) is 6.63. The molecule has 6 amide bonds. The van der Waals surface area contributed by atoms with E-state index >= 15 is 0 Å². The van der Waals surface area contributed by atoms with Crippen LogP contribution < -0.4 is 26.8 Å². The smallest absolute Gasteiger partial charge is 0.312 e. The molecule has 192 valence electrons. The molecule has 35 heavy (non-hydrogen) atoms. The first-order valence-corrected chi connectivity index (χ1v) is 11.5. The lowest BCUT2D eigenvalue weighted by Crippen LogP contribution is -2.72. The van der Waals surface area contributed by atoms with Crippen molar-refractivity contribution in [3.05, 3.63) is 29.8 Å². The number of hydrogen-bond donors (Lipinski definition) is 5. The van der Waals surface area contributed by atoms with Crippen LogP contribution in [-0.4, -0.2) is 55.6 Å². The quantitative estimate of drug-likeness (QED) is 0.127. The van der Waals surface area contributed by atoms with Crippen LogP contribution in [-0.2, 0) is 34.4 Å². The van der Waals surface area contributed by atoms with Gasteiger partial charge in [0.15, 0.2) is 4.84 Å². The van der Waals surface area contributed by atoms with Crippen molar-refractivity contribution in [2.45, 2.75) is 21.2 Å². The SMILES string of the molecule is CC(=O)NN(NC(=O)CCl)C(=O)C(NC(=O)C(Cl)Cl)(NC(=O)C(Cl)(Cl)Cl)c1ccccc1NC=O. The van der Waals surface area contributed by atoms with Crippen LogP contribution in [0.4, 0.5) is 5.69 Å². The van der Waals surface area contributed by atoms with Crippen molar-refractivity contribution in [1.82, 2.24) is 26.6 Å². The van der Waals surface area contributed by atoms with Gasteiger partial charge in [0.1, 0.15) is 5.88 Å². The van der Waals surface area contributed by atoms with Gasteiger partial charge in [-0.05, 0) is 6.07 Å². The number of carbonyl (C=O) groups is 6. The molecular formula is C17H16Cl6N6O6. The van der Waals surface area contributed by atoms with Gasteiger partial charge in [-0.1, -0.05) is 76.2 Å². The van der Waals surface area contributed by atoms with Gasteiger partial charge in [0.05, 0.1) is 0 Å². The number of anilines is 1. The van der Waals surface area contributed by atoms with Crippen molar-refractivity contribution in [3.63, 3.8) is 0 Å². The Morgan fingerprint density at radius 3 is 2.11 bits per heavy atom. The highest BCUT2D eigenvalue weighted by molar-refractivity contribution is 6.76. The molecule has 0 aliphatic carbocycles. The van der Waals surface area contributed by atoms with Crippen LogP contribution in [0.5, 0.6) is 0 Å². The van der Waals surface area contributed by atoms with Crippen molar-refractivity contribution in [2.24, 2.45) is 0 Å². The van der Waals surface area contributed by atoms with Crippen molar-refractivity contribution >= 4 is 111 Å². The van der Waals surface area contributed by atoms with Crippen molar-refractivity contribution in [2.75, 3.05) is 11.2 Å². The van der Waals surface area contributed by atoms with Gasteiger partial charge in [0.2, 0.25) is 18.0 Å². The fraction of sp³-hybridized carbons (Fsp3) is 0.294. The van der Waals surface area contributed by atoms with E-state index in [1.54, 1.807) is 0 Å². The number of hydrazine groups is 2. The summed E-state index contributed by atoms with van der Waals surface area (Å²) in [7, 11) is 0. The Hall–Kier alpha value is -2.22. The number of amides is 6. The second kappa shape index (κ2) is 13.2. The molecule has 0 aromatic heterocycles. The summed E-state index contributed by atoms with van der Waals surface area (Å²) in [6.07, 6.45) is 0.222. The van der Waals surface area contributed by atoms with E-state index in [0.29, 0.717) is 0 Å². The number of benzene rings is 1. The molecule has 1 rings (SSSR count). The lowest BCUT2D eigenvalue weighted by Gasteiger charge is -2.39. The predicted molar refractivity (Wildman–Crippen MR) is 129 cm³/mol. The van der Waals surface area contributed by atoms with E-state index in [9.17, 15) is 28.8 Å². The summed E-state index contributed by atoms with van der Waals surface area (Å²) >= 11 is 33.7. The minimum atomic E-state index is -2.81. The third kappa shape index (κ3) is 8.44. The second-order valence-electron chi connectivity index (χ2n) is 6.28. The molecule has 0 aliphatic heterocycles. The van der Waals surface area contributed by atoms with Crippen LogP contribution in [0.15, 0.2) is 24.3 Å². The van der Waals surface area contributed by atoms with Gasteiger partial charge in [0.25, 0.3) is 21.5 Å². The number of nitrogens with one attached hydrogen (secondary N) is 5. The molecule has 0 fully saturated rings. The maximum atomic E-state index is 13.8. The molecular weight excluding hydrogens is 597 g/mol. The third-order valence-electron chi connectivity index (χ3n) is 3.76. The third-order valence-corrected chi connectivity index (χ3v) is 4.92. The van der Waals surface area contributed by atoms with Gasteiger partial charge >= 0.3 is 5.91 Å². The molecule has 5 N–H and O–H groups in total. The Kier molecular flexibility index (Phi) is 11.6. The molecule has 0 spiro atoms. The summed E-state index contributed by atoms with van der Waals surface area (Å²) in [6.45, 7) is 0.975. The zero-order valence-corrected chi connectivity index (χ0v) is 21.9. The topological polar surface area (TPSA) is 166 Å². The minimum absolute atomic E-state index is 0.145. The van der Waals surface area contributed by atoms with Gasteiger partial charge in [-0.25, -0.2) is 10.9 Å². The normalized spacial score (nSPS) is 12.6. The second-order valence-corrected chi connectivity index (χ2v) is 9.92. The molecule has 0 saturated heterocycles. The summed E-state index contributed by atoms with van der Waals surface area (Å²) in [5.74, 6) is -6.71. The molecule has 0 saturated carbocycles. The molecule has 12 nitrogen and oxygen atoms in total. The highest BCUT2D eigenvalue weighted by Gasteiger charge is 2.51. The van der Waals surface area contributed by atoms with Gasteiger partial charge in [-0.2, -0.15) is 5.12 Å². The zero-order valence-electron chi connectivity index (χ0n) is 17.3. The summed E-state index contributed by atoms with van der Waals surface area (Å²) in [4.78, 5) is 72.2. The van der Waals surface area contributed by atoms with E-state index in [2.05, 4.69) is 10.6 Å². The van der Waals surface area contributed by atoms with Crippen LogP contribution in [0.3, 0.4) is 0 Å². The van der Waals surface area contributed by atoms with E-state index in [1.807, 2.05) is 16.2 Å². The number of para-hydroxylation sites is 1. The van der Waals surface area contributed by atoms with Gasteiger partial charge in [0, 0.05) is 18.2 Å². The number of rotatable bonds is 8. The highest BCUT2D eigenvalue weighted by Crippen LogP contribution is 2.32. The molecule has 0 heterocycles. The first-order valence-electron chi connectivity index (χ1n) is 8.96. The fourth-order valence-corrected chi connectivity index (χ4v) is 2.79. The van der Waals surface area contributed by atoms with Crippen LogP contribution in [0.2, 0.25) is 0 Å². The Bertz CT molecular complexity index is 1010. The number of alkyl halides is 6. The molecule has 18 heteroatoms. The fourth-order valence-electron chi connectivity index (χ4n) is 2.48. The number of nitrogens with zero attached hydrogens (tertiary/aromatic N) is 1. The predicted octanol–water partition coefficient (Wildman–Crippen LogP) is 0.964. The Morgan fingerprint density at radius 2 is 1.63 bits per heavy atom. The standard InChI is InChI=1S/C17H16Cl6N6O6/c1-8(31)27-29(28-11(32)6-18)15(35)16(25-13(33)12(19)20,26-14(34)17(21,22)23)9-4-2-3-5-10(9)24-7-30/h2-5,7,12H,6H2,1H3,(H,24,30)(H,25,33)(H,26,34)(H,27,31)(H,28,32). The molecule has 0 radical (unpaired) electrons. The largest absolute Gasteiger partial charge is 0.328 e. The van der Waals surface area contributed by atoms with Crippen molar-refractivity contribution in [3.8, 4) is 0 Å². The molecule has 0 aliphatic rings. The monoisotopic (exact) mass is 610 g/mol. The Morgan fingerprint density at radius 1 is 1.03 bits per heavy atom. The molecule has 1 unspecified atom stereocenters. The van der Waals surface area contributed by atoms with Crippen LogP contribution in [0.1, 0.15) is 12.5 Å². The number of hydrogen-bond acceptors (Lipinski definition) is 6. The lowest BCUT2D eigenvalue weighted by atomic mass is 9.95. The maximum Gasteiger partial charge on any atom is 0.312 e. The van der Waals surface area contributed by atoms with E-state index < -0.39 is 49.7 Å². The van der Waals surface area contributed by atoms with Gasteiger partial charge in [-0.15, -0.1) is 11.6 Å². The van der Waals surface area contributed by atoms with E-state index in [1.165, 1.54) is 24.3 Å². The average Bonchev–Trinajstić information content (AvgIpc) is 2.76. The number of halogens is 6. The zero-order chi connectivity index (χ0) is 27.0. The Balaban J connectivity index is 3.98. The summed E-state index contributed by atoms with van der Waals surface area (Å²) < 4.78 is -2.69. The minimum Gasteiger partial charge on any atom is -0.328 e. The number of carbonyl (C=O) groups excluding carboxylic acids is 6. The van der Waals surface area contributed by atoms with Crippen molar-refractivity contribution in [1.29, 1.82) is 0 Å². The average molecular weight is 613 g/mol. The lowest BCUT2D eigenvalue weighted by molar-refractivity contribution is -0.158. The van der Waals surface area contributed by atoms with Crippen LogP contribution in [0, 0.1) is 0 Å². The van der Waals surface area contributed by atoms with Crippen LogP contribution >= 0.6 is 69.6 Å². The van der Waals surface area contributed by atoms with Gasteiger partial charge < -0.3 is 16.0 Å². The Labute approximate surface area is 228 Å². The maximum absolute atomic E-state index is 13.8. The molecule has 0 bridgehead atoms. The first kappa shape index (κ1) is 30.8. The molecule has 1 aromatic carbocycles. The van der Waals surface area contributed by atoms with Gasteiger partial charge in [-0.3, -0.25) is 28.8 Å². The van der Waals surface area contributed by atoms with E-state index in [0.717, 1.165) is 6.92 Å². The van der Waals surface area contributed by atoms with Crippen LogP contribution in [0.25, 0.3) is 0 Å². The van der Waals surface area contributed by atoms with E-state index in [-0.39, 0.29) is 22.8 Å². The van der Waals surface area contributed by atoms with Crippen molar-refractivity contribution < 1.29 is 28.8 Å². The summed E-state index contributed by atoms with van der Waals surface area (Å²) in [6, 6.07) is 5.23.